The Kier molecular flexibility index (Phi) is 4.60. The molecule has 142 valence electrons. The van der Waals surface area contributed by atoms with Crippen LogP contribution in [0.25, 0.3) is 22.2 Å². The van der Waals surface area contributed by atoms with Gasteiger partial charge in [0.25, 0.3) is 5.91 Å². The van der Waals surface area contributed by atoms with Crippen molar-refractivity contribution in [2.24, 2.45) is 0 Å². The molecule has 7 heteroatoms. The molecule has 0 aliphatic carbocycles. The van der Waals surface area contributed by atoms with Crippen molar-refractivity contribution in [2.45, 2.75) is 13.8 Å². The second kappa shape index (κ2) is 7.09. The summed E-state index contributed by atoms with van der Waals surface area (Å²) in [5, 5.41) is 5.58. The van der Waals surface area contributed by atoms with Gasteiger partial charge in [-0.1, -0.05) is 23.8 Å². The Morgan fingerprint density at radius 2 is 2.07 bits per heavy atom. The number of para-hydroxylation sites is 1. The maximum atomic E-state index is 13.9. The van der Waals surface area contributed by atoms with Gasteiger partial charge in [-0.25, -0.2) is 9.37 Å². The zero-order valence-corrected chi connectivity index (χ0v) is 16.3. The summed E-state index contributed by atoms with van der Waals surface area (Å²) in [4.78, 5) is 17.1. The number of anilines is 1. The molecule has 1 N–H and O–H groups in total. The molecule has 0 saturated heterocycles. The van der Waals surface area contributed by atoms with E-state index in [0.29, 0.717) is 27.5 Å². The number of carbonyl (C=O) groups is 1. The van der Waals surface area contributed by atoms with Crippen molar-refractivity contribution in [3.05, 3.63) is 64.5 Å². The predicted molar refractivity (Wildman–Crippen MR) is 108 cm³/mol. The van der Waals surface area contributed by atoms with Gasteiger partial charge in [0.05, 0.1) is 12.8 Å². The van der Waals surface area contributed by atoms with Gasteiger partial charge in [0.2, 0.25) is 0 Å². The molecule has 0 unspecified atom stereocenters. The van der Waals surface area contributed by atoms with E-state index in [2.05, 4.69) is 10.3 Å². The van der Waals surface area contributed by atoms with Gasteiger partial charge < -0.3 is 9.15 Å². The number of thiazole rings is 1. The van der Waals surface area contributed by atoms with Crippen LogP contribution in [0, 0.1) is 19.7 Å². The number of halogens is 1. The lowest BCUT2D eigenvalue weighted by Crippen LogP contribution is -2.11. The molecule has 0 bridgehead atoms. The lowest BCUT2D eigenvalue weighted by molar-refractivity contribution is 0.0997. The first-order chi connectivity index (χ1) is 13.5. The quantitative estimate of drug-likeness (QED) is 0.490. The van der Waals surface area contributed by atoms with Crippen molar-refractivity contribution in [2.75, 3.05) is 12.4 Å². The van der Waals surface area contributed by atoms with E-state index in [1.807, 2.05) is 30.5 Å². The van der Waals surface area contributed by atoms with Crippen LogP contribution in [0.2, 0.25) is 0 Å². The summed E-state index contributed by atoms with van der Waals surface area (Å²) < 4.78 is 24.8. The van der Waals surface area contributed by atoms with Crippen LogP contribution in [0.4, 0.5) is 9.52 Å². The standard InChI is InChI=1S/C21H17FN2O3S/c1-11-7-8-17(26-3)14(9-11)16-10-28-21(23-16)24-20(25)18-12(2)13-5-4-6-15(22)19(13)27-18/h4-10H,1-3H3,(H,23,24,25). The van der Waals surface area contributed by atoms with Gasteiger partial charge in [0, 0.05) is 21.9 Å². The van der Waals surface area contributed by atoms with E-state index in [4.69, 9.17) is 9.15 Å². The van der Waals surface area contributed by atoms with E-state index in [1.54, 1.807) is 26.2 Å². The SMILES string of the molecule is COc1ccc(C)cc1-c1csc(NC(=O)c2oc3c(F)cccc3c2C)n1. The molecule has 1 amide bonds. The van der Waals surface area contributed by atoms with Gasteiger partial charge in [-0.05, 0) is 32.0 Å². The highest BCUT2D eigenvalue weighted by Gasteiger charge is 2.21. The van der Waals surface area contributed by atoms with E-state index in [1.165, 1.54) is 17.4 Å². The number of ether oxygens (including phenoxy) is 1. The molecular formula is C21H17FN2O3S. The number of nitrogens with zero attached hydrogens (tertiary/aromatic N) is 1. The van der Waals surface area contributed by atoms with Gasteiger partial charge in [-0.15, -0.1) is 11.3 Å². The number of hydrogen-bond donors (Lipinski definition) is 1. The molecule has 0 radical (unpaired) electrons. The van der Waals surface area contributed by atoms with Crippen LogP contribution < -0.4 is 10.1 Å². The van der Waals surface area contributed by atoms with E-state index in [-0.39, 0.29) is 11.3 Å². The average Bonchev–Trinajstić information content (AvgIpc) is 3.27. The summed E-state index contributed by atoms with van der Waals surface area (Å²) in [7, 11) is 1.60. The Morgan fingerprint density at radius 3 is 2.82 bits per heavy atom. The first-order valence-electron chi connectivity index (χ1n) is 8.57. The van der Waals surface area contributed by atoms with Crippen LogP contribution in [0.1, 0.15) is 21.7 Å². The lowest BCUT2D eigenvalue weighted by Gasteiger charge is -2.07. The number of aryl methyl sites for hydroxylation is 2. The van der Waals surface area contributed by atoms with E-state index in [0.717, 1.165) is 11.1 Å². The van der Waals surface area contributed by atoms with Gasteiger partial charge in [0.1, 0.15) is 5.75 Å². The monoisotopic (exact) mass is 396 g/mol. The third-order valence-corrected chi connectivity index (χ3v) is 5.24. The van der Waals surface area contributed by atoms with E-state index < -0.39 is 11.7 Å². The predicted octanol–water partition coefficient (Wildman–Crippen LogP) is 5.57. The summed E-state index contributed by atoms with van der Waals surface area (Å²) in [5.74, 6) is -0.185. The minimum absolute atomic E-state index is 0.0741. The first kappa shape index (κ1) is 18.2. The third kappa shape index (κ3) is 3.14. The Labute approximate surface area is 164 Å². The fraction of sp³-hybridized carbons (Fsp3) is 0.143. The third-order valence-electron chi connectivity index (χ3n) is 4.48. The highest BCUT2D eigenvalue weighted by atomic mass is 32.1. The number of furan rings is 1. The summed E-state index contributed by atoms with van der Waals surface area (Å²) >= 11 is 1.29. The summed E-state index contributed by atoms with van der Waals surface area (Å²) in [6.45, 7) is 3.71. The molecule has 0 saturated carbocycles. The molecule has 0 spiro atoms. The van der Waals surface area contributed by atoms with Crippen LogP contribution in [0.15, 0.2) is 46.2 Å². The van der Waals surface area contributed by atoms with Crippen LogP contribution in [-0.2, 0) is 0 Å². The smallest absolute Gasteiger partial charge is 0.293 e. The fourth-order valence-corrected chi connectivity index (χ4v) is 3.76. The normalized spacial score (nSPS) is 11.0. The zero-order valence-electron chi connectivity index (χ0n) is 15.5. The van der Waals surface area contributed by atoms with E-state index in [9.17, 15) is 9.18 Å². The van der Waals surface area contributed by atoms with Gasteiger partial charge in [-0.3, -0.25) is 10.1 Å². The maximum Gasteiger partial charge on any atom is 0.293 e. The number of nitrogens with one attached hydrogen (secondary N) is 1. The number of fused-ring (bicyclic) bond motifs is 1. The number of rotatable bonds is 4. The molecule has 4 rings (SSSR count). The lowest BCUT2D eigenvalue weighted by atomic mass is 10.1. The Bertz CT molecular complexity index is 1200. The largest absolute Gasteiger partial charge is 0.496 e. The minimum atomic E-state index is -0.497. The molecule has 5 nitrogen and oxygen atoms in total. The van der Waals surface area contributed by atoms with Crippen molar-refractivity contribution in [1.29, 1.82) is 0 Å². The van der Waals surface area contributed by atoms with Crippen molar-refractivity contribution >= 4 is 33.3 Å². The maximum absolute atomic E-state index is 13.9. The van der Waals surface area contributed by atoms with Crippen LogP contribution in [0.5, 0.6) is 5.75 Å². The second-order valence-corrected chi connectivity index (χ2v) is 7.23. The molecule has 0 aliphatic rings. The Morgan fingerprint density at radius 1 is 1.25 bits per heavy atom. The molecule has 28 heavy (non-hydrogen) atoms. The van der Waals surface area contributed by atoms with Crippen LogP contribution in [0.3, 0.4) is 0 Å². The minimum Gasteiger partial charge on any atom is -0.496 e. The Balaban J connectivity index is 1.63. The second-order valence-electron chi connectivity index (χ2n) is 6.37. The number of benzene rings is 2. The van der Waals surface area contributed by atoms with E-state index >= 15 is 0 Å². The number of aromatic nitrogens is 1. The van der Waals surface area contributed by atoms with Crippen LogP contribution >= 0.6 is 11.3 Å². The highest BCUT2D eigenvalue weighted by Crippen LogP contribution is 2.33. The topological polar surface area (TPSA) is 64.4 Å². The Hall–Kier alpha value is -3.19. The first-order valence-corrected chi connectivity index (χ1v) is 9.45. The number of methoxy groups -OCH3 is 1. The summed E-state index contributed by atoms with van der Waals surface area (Å²) in [5.41, 5.74) is 3.29. The summed E-state index contributed by atoms with van der Waals surface area (Å²) in [6, 6.07) is 10.4. The molecule has 2 aromatic heterocycles. The van der Waals surface area contributed by atoms with Gasteiger partial charge >= 0.3 is 0 Å². The molecule has 0 aliphatic heterocycles. The molecule has 2 heterocycles. The molecule has 2 aromatic carbocycles. The van der Waals surface area contributed by atoms with Crippen molar-refractivity contribution < 1.29 is 18.3 Å². The number of amides is 1. The van der Waals surface area contributed by atoms with Gasteiger partial charge in [-0.2, -0.15) is 0 Å². The van der Waals surface area contributed by atoms with Crippen molar-refractivity contribution in [3.63, 3.8) is 0 Å². The average molecular weight is 396 g/mol. The zero-order chi connectivity index (χ0) is 19.8. The van der Waals surface area contributed by atoms with Crippen molar-refractivity contribution in [1.82, 2.24) is 4.98 Å². The van der Waals surface area contributed by atoms with Crippen molar-refractivity contribution in [3.8, 4) is 17.0 Å². The number of hydrogen-bond acceptors (Lipinski definition) is 5. The van der Waals surface area contributed by atoms with Crippen LogP contribution in [-0.4, -0.2) is 18.0 Å². The molecule has 4 aromatic rings. The fourth-order valence-electron chi connectivity index (χ4n) is 3.06. The highest BCUT2D eigenvalue weighted by molar-refractivity contribution is 7.14. The van der Waals surface area contributed by atoms with Gasteiger partial charge in [0.15, 0.2) is 22.3 Å². The molecule has 0 fully saturated rings. The summed E-state index contributed by atoms with van der Waals surface area (Å²) in [6.07, 6.45) is 0. The number of carbonyl (C=O) groups excluding carboxylic acids is 1. The molecule has 0 atom stereocenters. The molecular weight excluding hydrogens is 379 g/mol.